The number of ketones is 1. The quantitative estimate of drug-likeness (QED) is 0.758. The summed E-state index contributed by atoms with van der Waals surface area (Å²) in [7, 11) is 1.55. The molecule has 0 aliphatic heterocycles. The molecule has 4 heteroatoms. The highest BCUT2D eigenvalue weighted by Crippen LogP contribution is 2.28. The standard InChI is InChI=1S/C16H14Cl2O2/c1-9-4-10(2)15(14(5-9)20-3)16(19)11-6-12(17)8-13(18)7-11/h4-8H,1-3H3. The molecule has 0 N–H and O–H groups in total. The van der Waals surface area contributed by atoms with Crippen molar-refractivity contribution in [2.24, 2.45) is 0 Å². The van der Waals surface area contributed by atoms with Crippen LogP contribution in [0.3, 0.4) is 0 Å². The number of ether oxygens (including phenoxy) is 1. The third-order valence-electron chi connectivity index (χ3n) is 3.02. The zero-order valence-electron chi connectivity index (χ0n) is 11.5. The van der Waals surface area contributed by atoms with E-state index in [1.54, 1.807) is 25.3 Å². The van der Waals surface area contributed by atoms with Crippen molar-refractivity contribution in [1.29, 1.82) is 0 Å². The van der Waals surface area contributed by atoms with Gasteiger partial charge in [-0.2, -0.15) is 0 Å². The molecule has 2 rings (SSSR count). The number of hydrogen-bond acceptors (Lipinski definition) is 2. The van der Waals surface area contributed by atoms with Gasteiger partial charge in [0.05, 0.1) is 12.7 Å². The van der Waals surface area contributed by atoms with Gasteiger partial charge in [0.15, 0.2) is 5.78 Å². The Labute approximate surface area is 128 Å². The summed E-state index contributed by atoms with van der Waals surface area (Å²) in [6.07, 6.45) is 0. The fourth-order valence-electron chi connectivity index (χ4n) is 2.21. The zero-order chi connectivity index (χ0) is 14.9. The number of hydrogen-bond donors (Lipinski definition) is 0. The first-order valence-electron chi connectivity index (χ1n) is 6.08. The van der Waals surface area contributed by atoms with Gasteiger partial charge in [-0.1, -0.05) is 29.3 Å². The van der Waals surface area contributed by atoms with Gasteiger partial charge in [-0.3, -0.25) is 4.79 Å². The maximum atomic E-state index is 12.7. The molecule has 0 amide bonds. The third-order valence-corrected chi connectivity index (χ3v) is 3.45. The average Bonchev–Trinajstić information content (AvgIpc) is 2.35. The topological polar surface area (TPSA) is 26.3 Å². The lowest BCUT2D eigenvalue weighted by atomic mass is 9.96. The highest BCUT2D eigenvalue weighted by Gasteiger charge is 2.18. The molecule has 0 unspecified atom stereocenters. The normalized spacial score (nSPS) is 10.4. The largest absolute Gasteiger partial charge is 0.496 e. The Kier molecular flexibility index (Phi) is 4.36. The van der Waals surface area contributed by atoms with Crippen LogP contribution in [-0.4, -0.2) is 12.9 Å². The molecule has 20 heavy (non-hydrogen) atoms. The highest BCUT2D eigenvalue weighted by atomic mass is 35.5. The van der Waals surface area contributed by atoms with Crippen molar-refractivity contribution in [1.82, 2.24) is 0 Å². The van der Waals surface area contributed by atoms with E-state index in [0.29, 0.717) is 26.9 Å². The zero-order valence-corrected chi connectivity index (χ0v) is 13.0. The van der Waals surface area contributed by atoms with Crippen LogP contribution in [0.5, 0.6) is 5.75 Å². The number of rotatable bonds is 3. The van der Waals surface area contributed by atoms with Gasteiger partial charge in [-0.25, -0.2) is 0 Å². The molecule has 0 radical (unpaired) electrons. The van der Waals surface area contributed by atoms with Crippen molar-refractivity contribution >= 4 is 29.0 Å². The maximum absolute atomic E-state index is 12.7. The fraction of sp³-hybridized carbons (Fsp3) is 0.188. The molecular weight excluding hydrogens is 295 g/mol. The minimum absolute atomic E-state index is 0.149. The lowest BCUT2D eigenvalue weighted by Gasteiger charge is -2.12. The summed E-state index contributed by atoms with van der Waals surface area (Å²) in [5, 5.41) is 0.870. The Morgan fingerprint density at radius 3 is 2.15 bits per heavy atom. The van der Waals surface area contributed by atoms with E-state index in [1.165, 1.54) is 0 Å². The molecule has 0 saturated heterocycles. The molecule has 0 aromatic heterocycles. The minimum Gasteiger partial charge on any atom is -0.496 e. The Bertz CT molecular complexity index is 658. The van der Waals surface area contributed by atoms with Crippen molar-refractivity contribution in [3.63, 3.8) is 0 Å². The first-order valence-corrected chi connectivity index (χ1v) is 6.84. The van der Waals surface area contributed by atoms with Crippen molar-refractivity contribution in [2.75, 3.05) is 7.11 Å². The van der Waals surface area contributed by atoms with Gasteiger partial charge in [0.1, 0.15) is 5.75 Å². The molecule has 2 aromatic carbocycles. The van der Waals surface area contributed by atoms with Crippen LogP contribution in [-0.2, 0) is 0 Å². The molecule has 0 aliphatic carbocycles. The summed E-state index contributed by atoms with van der Waals surface area (Å²) >= 11 is 11.9. The van der Waals surface area contributed by atoms with Crippen LogP contribution in [0.1, 0.15) is 27.0 Å². The monoisotopic (exact) mass is 308 g/mol. The number of carbonyl (C=O) groups is 1. The van der Waals surface area contributed by atoms with Gasteiger partial charge in [0.25, 0.3) is 0 Å². The molecule has 0 spiro atoms. The van der Waals surface area contributed by atoms with E-state index in [4.69, 9.17) is 27.9 Å². The minimum atomic E-state index is -0.149. The molecule has 0 aliphatic rings. The second-order valence-corrected chi connectivity index (χ2v) is 5.52. The Morgan fingerprint density at radius 2 is 1.60 bits per heavy atom. The lowest BCUT2D eigenvalue weighted by Crippen LogP contribution is -2.07. The van der Waals surface area contributed by atoms with E-state index in [2.05, 4.69) is 0 Å². The first-order chi connectivity index (χ1) is 9.42. The molecule has 104 valence electrons. The molecular formula is C16H14Cl2O2. The fourth-order valence-corrected chi connectivity index (χ4v) is 2.74. The number of halogens is 2. The van der Waals surface area contributed by atoms with Crippen LogP contribution in [0, 0.1) is 13.8 Å². The van der Waals surface area contributed by atoms with E-state index < -0.39 is 0 Å². The number of methoxy groups -OCH3 is 1. The van der Waals surface area contributed by atoms with E-state index in [1.807, 2.05) is 26.0 Å². The second kappa shape index (κ2) is 5.86. The Hall–Kier alpha value is -1.51. The maximum Gasteiger partial charge on any atom is 0.197 e. The number of aryl methyl sites for hydroxylation is 2. The van der Waals surface area contributed by atoms with E-state index in [9.17, 15) is 4.79 Å². The van der Waals surface area contributed by atoms with Crippen LogP contribution in [0.2, 0.25) is 10.0 Å². The molecule has 0 heterocycles. The number of benzene rings is 2. The predicted molar refractivity (Wildman–Crippen MR) is 82.4 cm³/mol. The van der Waals surface area contributed by atoms with Crippen LogP contribution in [0.4, 0.5) is 0 Å². The van der Waals surface area contributed by atoms with Crippen LogP contribution in [0.15, 0.2) is 30.3 Å². The number of carbonyl (C=O) groups excluding carboxylic acids is 1. The molecule has 0 atom stereocenters. The van der Waals surface area contributed by atoms with Crippen molar-refractivity contribution in [3.8, 4) is 5.75 Å². The summed E-state index contributed by atoms with van der Waals surface area (Å²) in [5.41, 5.74) is 2.90. The van der Waals surface area contributed by atoms with Gasteiger partial charge in [0.2, 0.25) is 0 Å². The van der Waals surface area contributed by atoms with Gasteiger partial charge >= 0.3 is 0 Å². The van der Waals surface area contributed by atoms with Crippen molar-refractivity contribution < 1.29 is 9.53 Å². The van der Waals surface area contributed by atoms with Crippen LogP contribution >= 0.6 is 23.2 Å². The highest BCUT2D eigenvalue weighted by molar-refractivity contribution is 6.35. The predicted octanol–water partition coefficient (Wildman–Crippen LogP) is 4.85. The summed E-state index contributed by atoms with van der Waals surface area (Å²) in [5.74, 6) is 0.410. The second-order valence-electron chi connectivity index (χ2n) is 4.65. The van der Waals surface area contributed by atoms with Crippen LogP contribution in [0.25, 0.3) is 0 Å². The van der Waals surface area contributed by atoms with Crippen molar-refractivity contribution in [3.05, 3.63) is 62.6 Å². The van der Waals surface area contributed by atoms with Crippen LogP contribution < -0.4 is 4.74 Å². The SMILES string of the molecule is COc1cc(C)cc(C)c1C(=O)c1cc(Cl)cc(Cl)c1. The van der Waals surface area contributed by atoms with Gasteiger partial charge in [0, 0.05) is 15.6 Å². The van der Waals surface area contributed by atoms with Crippen molar-refractivity contribution in [2.45, 2.75) is 13.8 Å². The summed E-state index contributed by atoms with van der Waals surface area (Å²) in [6.45, 7) is 3.84. The first kappa shape index (κ1) is 14.9. The molecule has 2 aromatic rings. The smallest absolute Gasteiger partial charge is 0.197 e. The summed E-state index contributed by atoms with van der Waals surface area (Å²) in [4.78, 5) is 12.7. The average molecular weight is 309 g/mol. The summed E-state index contributed by atoms with van der Waals surface area (Å²) < 4.78 is 5.32. The van der Waals surface area contributed by atoms with Gasteiger partial charge < -0.3 is 4.74 Å². The Balaban J connectivity index is 2.58. The molecule has 0 saturated carbocycles. The molecule has 0 fully saturated rings. The molecule has 0 bridgehead atoms. The van der Waals surface area contributed by atoms with E-state index in [0.717, 1.165) is 11.1 Å². The van der Waals surface area contributed by atoms with E-state index >= 15 is 0 Å². The Morgan fingerprint density at radius 1 is 1.00 bits per heavy atom. The van der Waals surface area contributed by atoms with Gasteiger partial charge in [-0.15, -0.1) is 0 Å². The summed E-state index contributed by atoms with van der Waals surface area (Å²) in [6, 6.07) is 8.59. The third kappa shape index (κ3) is 2.97. The lowest BCUT2D eigenvalue weighted by molar-refractivity contribution is 0.103. The van der Waals surface area contributed by atoms with Gasteiger partial charge in [-0.05, 0) is 49.2 Å². The molecule has 2 nitrogen and oxygen atoms in total. The van der Waals surface area contributed by atoms with E-state index in [-0.39, 0.29) is 5.78 Å².